The van der Waals surface area contributed by atoms with E-state index in [1.54, 1.807) is 0 Å². The molecule has 1 heteroatoms. The molecule has 1 saturated carbocycles. The molecule has 0 saturated heterocycles. The minimum absolute atomic E-state index is 0.0538. The number of carbonyl (C=O) groups is 1. The van der Waals surface area contributed by atoms with Crippen molar-refractivity contribution in [3.05, 3.63) is 12.7 Å². The van der Waals surface area contributed by atoms with Crippen LogP contribution in [0.3, 0.4) is 0 Å². The van der Waals surface area contributed by atoms with E-state index in [0.29, 0.717) is 11.7 Å². The topological polar surface area (TPSA) is 17.1 Å². The first-order valence-electron chi connectivity index (χ1n) is 4.77. The van der Waals surface area contributed by atoms with Gasteiger partial charge in [-0.3, -0.25) is 4.79 Å². The van der Waals surface area contributed by atoms with E-state index in [2.05, 4.69) is 20.4 Å². The summed E-state index contributed by atoms with van der Waals surface area (Å²) in [5, 5.41) is 0. The number of Topliss-reactive ketones (excluding diaryl/α,β-unsaturated/α-hetero) is 1. The Morgan fingerprint density at radius 3 is 2.67 bits per heavy atom. The monoisotopic (exact) mass is 166 g/mol. The van der Waals surface area contributed by atoms with Crippen LogP contribution in [0, 0.1) is 11.3 Å². The van der Waals surface area contributed by atoms with Crippen LogP contribution in [0.5, 0.6) is 0 Å². The van der Waals surface area contributed by atoms with Crippen molar-refractivity contribution in [2.45, 2.75) is 39.5 Å². The van der Waals surface area contributed by atoms with Crippen LogP contribution in [-0.2, 0) is 4.79 Å². The molecule has 0 amide bonds. The molecule has 1 atom stereocenters. The molecule has 68 valence electrons. The van der Waals surface area contributed by atoms with Crippen LogP contribution < -0.4 is 0 Å². The zero-order valence-electron chi connectivity index (χ0n) is 8.10. The van der Waals surface area contributed by atoms with E-state index < -0.39 is 0 Å². The van der Waals surface area contributed by atoms with E-state index in [0.717, 1.165) is 25.7 Å². The first kappa shape index (κ1) is 9.50. The van der Waals surface area contributed by atoms with Gasteiger partial charge in [-0.1, -0.05) is 19.9 Å². The third-order valence-corrected chi connectivity index (χ3v) is 3.20. The molecule has 0 heterocycles. The summed E-state index contributed by atoms with van der Waals surface area (Å²) in [5.41, 5.74) is -0.0538. The molecule has 0 radical (unpaired) electrons. The Kier molecular flexibility index (Phi) is 2.71. The average molecular weight is 166 g/mol. The van der Waals surface area contributed by atoms with Crippen LogP contribution in [0.2, 0.25) is 0 Å². The van der Waals surface area contributed by atoms with Gasteiger partial charge < -0.3 is 0 Å². The Balaban J connectivity index is 2.84. The highest BCUT2D eigenvalue weighted by molar-refractivity contribution is 5.87. The summed E-state index contributed by atoms with van der Waals surface area (Å²) in [4.78, 5) is 11.7. The molecule has 1 rings (SSSR count). The van der Waals surface area contributed by atoms with Gasteiger partial charge in [-0.25, -0.2) is 0 Å². The van der Waals surface area contributed by atoms with Crippen molar-refractivity contribution >= 4 is 5.78 Å². The smallest absolute Gasteiger partial charge is 0.139 e. The summed E-state index contributed by atoms with van der Waals surface area (Å²) >= 11 is 0. The van der Waals surface area contributed by atoms with Gasteiger partial charge in [-0.15, -0.1) is 6.58 Å². The second-order valence-electron chi connectivity index (χ2n) is 4.08. The highest BCUT2D eigenvalue weighted by Gasteiger charge is 2.42. The van der Waals surface area contributed by atoms with Crippen LogP contribution in [0.1, 0.15) is 39.5 Å². The summed E-state index contributed by atoms with van der Waals surface area (Å²) in [6.07, 6.45) is 5.68. The fourth-order valence-corrected chi connectivity index (χ4v) is 2.27. The molecule has 12 heavy (non-hydrogen) atoms. The largest absolute Gasteiger partial charge is 0.299 e. The van der Waals surface area contributed by atoms with Crippen LogP contribution in [0.4, 0.5) is 0 Å². The predicted molar refractivity (Wildman–Crippen MR) is 50.9 cm³/mol. The van der Waals surface area contributed by atoms with E-state index in [-0.39, 0.29) is 5.41 Å². The van der Waals surface area contributed by atoms with Crippen LogP contribution >= 0.6 is 0 Å². The van der Waals surface area contributed by atoms with Crippen molar-refractivity contribution in [1.29, 1.82) is 0 Å². The molecule has 0 bridgehead atoms. The normalized spacial score (nSPS) is 29.8. The number of rotatable bonds is 3. The molecule has 0 aromatic carbocycles. The Bertz CT molecular complexity index is 193. The fourth-order valence-electron chi connectivity index (χ4n) is 2.27. The maximum absolute atomic E-state index is 11.7. The molecular weight excluding hydrogens is 148 g/mol. The molecule has 0 spiro atoms. The number of allylic oxidation sites excluding steroid dienone is 1. The predicted octanol–water partition coefficient (Wildman–Crippen LogP) is 2.96. The van der Waals surface area contributed by atoms with Gasteiger partial charge in [0.2, 0.25) is 0 Å². The van der Waals surface area contributed by atoms with Crippen molar-refractivity contribution in [3.8, 4) is 0 Å². The van der Waals surface area contributed by atoms with E-state index in [4.69, 9.17) is 0 Å². The lowest BCUT2D eigenvalue weighted by molar-refractivity contribution is -0.127. The SMILES string of the molecule is C=CC[C@]1(C(C)C)CCCC1=O. The standard InChI is InChI=1S/C11H18O/c1-4-7-11(9(2)3)8-5-6-10(11)12/h4,9H,1,5-8H2,2-3H3/t11-/m1/s1. The lowest BCUT2D eigenvalue weighted by atomic mass is 9.72. The van der Waals surface area contributed by atoms with E-state index in [1.807, 2.05) is 6.08 Å². The van der Waals surface area contributed by atoms with Crippen LogP contribution in [0.15, 0.2) is 12.7 Å². The molecule has 1 aliphatic rings. The lowest BCUT2D eigenvalue weighted by Crippen LogP contribution is -2.31. The van der Waals surface area contributed by atoms with E-state index >= 15 is 0 Å². The molecule has 0 aromatic rings. The van der Waals surface area contributed by atoms with Crippen molar-refractivity contribution in [1.82, 2.24) is 0 Å². The molecule has 1 aliphatic carbocycles. The number of hydrogen-bond acceptors (Lipinski definition) is 1. The highest BCUT2D eigenvalue weighted by Crippen LogP contribution is 2.44. The van der Waals surface area contributed by atoms with Gasteiger partial charge in [-0.2, -0.15) is 0 Å². The van der Waals surface area contributed by atoms with E-state index in [9.17, 15) is 4.79 Å². The second kappa shape index (κ2) is 3.42. The minimum Gasteiger partial charge on any atom is -0.299 e. The Morgan fingerprint density at radius 2 is 2.33 bits per heavy atom. The number of ketones is 1. The first-order chi connectivity index (χ1) is 5.63. The number of carbonyl (C=O) groups excluding carboxylic acids is 1. The van der Waals surface area contributed by atoms with Crippen molar-refractivity contribution < 1.29 is 4.79 Å². The molecule has 1 nitrogen and oxygen atoms in total. The maximum Gasteiger partial charge on any atom is 0.139 e. The van der Waals surface area contributed by atoms with E-state index in [1.165, 1.54) is 0 Å². The summed E-state index contributed by atoms with van der Waals surface area (Å²) < 4.78 is 0. The zero-order valence-corrected chi connectivity index (χ0v) is 8.10. The molecule has 1 fully saturated rings. The van der Waals surface area contributed by atoms with Crippen molar-refractivity contribution in [3.63, 3.8) is 0 Å². The zero-order chi connectivity index (χ0) is 9.19. The van der Waals surface area contributed by atoms with Crippen molar-refractivity contribution in [2.24, 2.45) is 11.3 Å². The first-order valence-corrected chi connectivity index (χ1v) is 4.77. The fraction of sp³-hybridized carbons (Fsp3) is 0.727. The van der Waals surface area contributed by atoms with Gasteiger partial charge in [0, 0.05) is 11.8 Å². The lowest BCUT2D eigenvalue weighted by Gasteiger charge is -2.30. The Labute approximate surface area is 74.9 Å². The molecular formula is C11H18O. The summed E-state index contributed by atoms with van der Waals surface area (Å²) in [6, 6.07) is 0. The third kappa shape index (κ3) is 1.33. The van der Waals surface area contributed by atoms with Gasteiger partial charge in [0.25, 0.3) is 0 Å². The van der Waals surface area contributed by atoms with Gasteiger partial charge in [-0.05, 0) is 25.2 Å². The third-order valence-electron chi connectivity index (χ3n) is 3.20. The summed E-state index contributed by atoms with van der Waals surface area (Å²) in [5.74, 6) is 0.919. The van der Waals surface area contributed by atoms with Gasteiger partial charge in [0.05, 0.1) is 0 Å². The second-order valence-corrected chi connectivity index (χ2v) is 4.08. The maximum atomic E-state index is 11.7. The summed E-state index contributed by atoms with van der Waals surface area (Å²) in [7, 11) is 0. The van der Waals surface area contributed by atoms with Crippen LogP contribution in [0.25, 0.3) is 0 Å². The Morgan fingerprint density at radius 1 is 1.67 bits per heavy atom. The quantitative estimate of drug-likeness (QED) is 0.589. The minimum atomic E-state index is -0.0538. The number of hydrogen-bond donors (Lipinski definition) is 0. The molecule has 0 aromatic heterocycles. The molecule has 0 N–H and O–H groups in total. The highest BCUT2D eigenvalue weighted by atomic mass is 16.1. The van der Waals surface area contributed by atoms with Gasteiger partial charge >= 0.3 is 0 Å². The molecule has 0 aliphatic heterocycles. The van der Waals surface area contributed by atoms with Gasteiger partial charge in [0.1, 0.15) is 5.78 Å². The van der Waals surface area contributed by atoms with Gasteiger partial charge in [0.15, 0.2) is 0 Å². The van der Waals surface area contributed by atoms with Crippen LogP contribution in [-0.4, -0.2) is 5.78 Å². The average Bonchev–Trinajstić information content (AvgIpc) is 2.34. The summed E-state index contributed by atoms with van der Waals surface area (Å²) in [6.45, 7) is 8.02. The Hall–Kier alpha value is -0.590. The van der Waals surface area contributed by atoms with Crippen molar-refractivity contribution in [2.75, 3.05) is 0 Å². The molecule has 0 unspecified atom stereocenters.